The van der Waals surface area contributed by atoms with Gasteiger partial charge >= 0.3 is 0 Å². The molecule has 0 radical (unpaired) electrons. The van der Waals surface area contributed by atoms with Crippen LogP contribution in [0.4, 0.5) is 0 Å². The van der Waals surface area contributed by atoms with Gasteiger partial charge in [0.05, 0.1) is 0 Å². The van der Waals surface area contributed by atoms with Crippen molar-refractivity contribution < 1.29 is 9.59 Å². The topological polar surface area (TPSA) is 34.1 Å². The number of ketones is 2. The Labute approximate surface area is 144 Å². The number of rotatable bonds is 0. The van der Waals surface area contributed by atoms with Crippen LogP contribution in [0.25, 0.3) is 0 Å². The Morgan fingerprint density at radius 1 is 0.625 bits per heavy atom. The Bertz CT molecular complexity index is 611. The van der Waals surface area contributed by atoms with Gasteiger partial charge in [0.25, 0.3) is 0 Å². The van der Waals surface area contributed by atoms with Crippen LogP contribution >= 0.6 is 0 Å². The highest BCUT2D eigenvalue weighted by Gasteiger charge is 2.87. The highest BCUT2D eigenvalue weighted by atomic mass is 16.2. The van der Waals surface area contributed by atoms with Gasteiger partial charge in [-0.2, -0.15) is 0 Å². The maximum atomic E-state index is 13.6. The predicted octanol–water partition coefficient (Wildman–Crippen LogP) is 3.74. The molecule has 0 aliphatic heterocycles. The lowest BCUT2D eigenvalue weighted by atomic mass is 9.55. The van der Waals surface area contributed by atoms with Gasteiger partial charge in [-0.3, -0.25) is 9.59 Å². The van der Waals surface area contributed by atoms with E-state index >= 15 is 0 Å². The molecule has 0 aromatic heterocycles. The second-order valence-corrected chi connectivity index (χ2v) is 11.0. The van der Waals surface area contributed by atoms with Crippen molar-refractivity contribution in [2.75, 3.05) is 0 Å². The number of carbonyl (C=O) groups is 2. The molecule has 8 atom stereocenters. The lowest BCUT2D eigenvalue weighted by Gasteiger charge is -2.46. The first-order valence-corrected chi connectivity index (χ1v) is 10.6. The first kappa shape index (κ1) is 13.5. The average molecular weight is 324 g/mol. The molecule has 2 heteroatoms. The molecule has 8 fully saturated rings. The van der Waals surface area contributed by atoms with Crippen LogP contribution in [0.2, 0.25) is 0 Å². The molecule has 0 amide bonds. The largest absolute Gasteiger partial charge is 0.290 e. The third-order valence-electron chi connectivity index (χ3n) is 11.2. The minimum Gasteiger partial charge on any atom is -0.290 e. The molecule has 8 unspecified atom stereocenters. The second kappa shape index (κ2) is 3.58. The van der Waals surface area contributed by atoms with Crippen molar-refractivity contribution in [3.05, 3.63) is 0 Å². The fourth-order valence-corrected chi connectivity index (χ4v) is 11.3. The molecule has 8 rings (SSSR count). The summed E-state index contributed by atoms with van der Waals surface area (Å²) >= 11 is 0. The van der Waals surface area contributed by atoms with E-state index in [4.69, 9.17) is 0 Å². The van der Waals surface area contributed by atoms with Gasteiger partial charge < -0.3 is 0 Å². The Morgan fingerprint density at radius 2 is 0.917 bits per heavy atom. The molecule has 8 bridgehead atoms. The van der Waals surface area contributed by atoms with Gasteiger partial charge in [0.2, 0.25) is 11.6 Å². The van der Waals surface area contributed by atoms with Crippen LogP contribution in [0.5, 0.6) is 0 Å². The Balaban J connectivity index is 1.58. The van der Waals surface area contributed by atoms with Crippen LogP contribution in [0, 0.1) is 70.0 Å². The summed E-state index contributed by atoms with van der Waals surface area (Å²) in [6.45, 7) is 4.56. The van der Waals surface area contributed by atoms with Gasteiger partial charge in [-0.25, -0.2) is 0 Å². The zero-order chi connectivity index (χ0) is 16.2. The molecule has 8 saturated carbocycles. The normalized spacial score (nSPS) is 70.4. The van der Waals surface area contributed by atoms with Crippen molar-refractivity contribution >= 4 is 11.6 Å². The number of carbonyl (C=O) groups excluding carboxylic acids is 2. The summed E-state index contributed by atoms with van der Waals surface area (Å²) in [5, 5.41) is 0. The Kier molecular flexibility index (Phi) is 2.02. The molecule has 0 heterocycles. The quantitative estimate of drug-likeness (QED) is 0.636. The zero-order valence-corrected chi connectivity index (χ0v) is 14.8. The van der Waals surface area contributed by atoms with Crippen LogP contribution in [-0.4, -0.2) is 11.6 Å². The summed E-state index contributed by atoms with van der Waals surface area (Å²) in [6, 6.07) is 0. The fourth-order valence-electron chi connectivity index (χ4n) is 11.3. The molecule has 0 aromatic carbocycles. The van der Waals surface area contributed by atoms with Crippen LogP contribution < -0.4 is 0 Å². The first-order valence-electron chi connectivity index (χ1n) is 10.6. The molecule has 0 aromatic rings. The molecule has 0 N–H and O–H groups in total. The zero-order valence-electron chi connectivity index (χ0n) is 14.8. The van der Waals surface area contributed by atoms with Gasteiger partial charge in [0.15, 0.2) is 0 Å². The summed E-state index contributed by atoms with van der Waals surface area (Å²) in [4.78, 5) is 27.1. The van der Waals surface area contributed by atoms with E-state index in [-0.39, 0.29) is 22.4 Å². The van der Waals surface area contributed by atoms with Gasteiger partial charge in [0, 0.05) is 10.8 Å². The SMILES string of the molecule is CC12C(=O)C(=O)C3(C)C4C5CCCC5C1C4C1C2C2CCCC2C13. The highest BCUT2D eigenvalue weighted by molar-refractivity contribution is 6.42. The first-order chi connectivity index (χ1) is 11.5. The second-order valence-electron chi connectivity index (χ2n) is 11.0. The minimum absolute atomic E-state index is 0.0909. The third kappa shape index (κ3) is 0.971. The smallest absolute Gasteiger partial charge is 0.205 e. The van der Waals surface area contributed by atoms with Gasteiger partial charge in [-0.05, 0) is 84.9 Å². The van der Waals surface area contributed by atoms with Crippen LogP contribution in [0.3, 0.4) is 0 Å². The number of fused-ring (bicyclic) bond motifs is 3. The van der Waals surface area contributed by atoms with E-state index in [1.54, 1.807) is 0 Å². The predicted molar refractivity (Wildman–Crippen MR) is 88.8 cm³/mol. The maximum absolute atomic E-state index is 13.6. The minimum atomic E-state index is -0.287. The van der Waals surface area contributed by atoms with Crippen molar-refractivity contribution in [3.8, 4) is 0 Å². The van der Waals surface area contributed by atoms with E-state index in [0.717, 1.165) is 35.5 Å². The number of hydrogen-bond donors (Lipinski definition) is 0. The molecular formula is C22H28O2. The van der Waals surface area contributed by atoms with E-state index in [0.29, 0.717) is 23.7 Å². The summed E-state index contributed by atoms with van der Waals surface area (Å²) in [5.41, 5.74) is -0.574. The Morgan fingerprint density at radius 3 is 1.21 bits per heavy atom. The van der Waals surface area contributed by atoms with Crippen molar-refractivity contribution in [2.45, 2.75) is 52.4 Å². The van der Waals surface area contributed by atoms with Crippen molar-refractivity contribution in [2.24, 2.45) is 70.0 Å². The van der Waals surface area contributed by atoms with Crippen LogP contribution in [-0.2, 0) is 9.59 Å². The molecule has 0 spiro atoms. The van der Waals surface area contributed by atoms with E-state index < -0.39 is 0 Å². The molecule has 2 nitrogen and oxygen atoms in total. The summed E-state index contributed by atoms with van der Waals surface area (Å²) in [7, 11) is 0. The fraction of sp³-hybridized carbons (Fsp3) is 0.909. The molecule has 128 valence electrons. The van der Waals surface area contributed by atoms with Crippen LogP contribution in [0.15, 0.2) is 0 Å². The molecule has 24 heavy (non-hydrogen) atoms. The molecule has 8 aliphatic rings. The average Bonchev–Trinajstić information content (AvgIpc) is 3.29. The Hall–Kier alpha value is -0.660. The summed E-state index contributed by atoms with van der Waals surface area (Å²) in [5.74, 6) is 6.98. The van der Waals surface area contributed by atoms with Gasteiger partial charge in [0.1, 0.15) is 0 Å². The highest BCUT2D eigenvalue weighted by Crippen LogP contribution is 2.86. The summed E-state index contributed by atoms with van der Waals surface area (Å²) in [6.07, 6.45) is 8.05. The van der Waals surface area contributed by atoms with E-state index in [2.05, 4.69) is 13.8 Å². The van der Waals surface area contributed by atoms with Crippen molar-refractivity contribution in [1.82, 2.24) is 0 Å². The summed E-state index contributed by atoms with van der Waals surface area (Å²) < 4.78 is 0. The molecule has 8 aliphatic carbocycles. The van der Waals surface area contributed by atoms with E-state index in [1.165, 1.54) is 38.5 Å². The lowest BCUT2D eigenvalue weighted by molar-refractivity contribution is -0.155. The standard InChI is InChI=1S/C22H28O2/c1-21-15-9-5-3-7-11(9)17-13(15)14-16(21)10-6-4-8-12(10)18(14)22(17,2)20(24)19(21)23/h9-18H,3-8H2,1-2H3. The van der Waals surface area contributed by atoms with Gasteiger partial charge in [-0.15, -0.1) is 0 Å². The third-order valence-corrected chi connectivity index (χ3v) is 11.2. The number of Topliss-reactive ketones (excluding diaryl/α,β-unsaturated/α-hetero) is 2. The van der Waals surface area contributed by atoms with E-state index in [1.807, 2.05) is 0 Å². The van der Waals surface area contributed by atoms with Gasteiger partial charge in [-0.1, -0.05) is 26.7 Å². The van der Waals surface area contributed by atoms with E-state index in [9.17, 15) is 9.59 Å². The maximum Gasteiger partial charge on any atom is 0.205 e. The molecular weight excluding hydrogens is 296 g/mol. The molecule has 0 saturated heterocycles. The van der Waals surface area contributed by atoms with Crippen LogP contribution in [0.1, 0.15) is 52.4 Å². The monoisotopic (exact) mass is 324 g/mol. The lowest BCUT2D eigenvalue weighted by Crippen LogP contribution is -2.53. The van der Waals surface area contributed by atoms with Crippen molar-refractivity contribution in [1.29, 1.82) is 0 Å². The number of hydrogen-bond acceptors (Lipinski definition) is 2. The van der Waals surface area contributed by atoms with Crippen molar-refractivity contribution in [3.63, 3.8) is 0 Å².